The molecule has 3 rings (SSSR count). The van der Waals surface area contributed by atoms with Gasteiger partial charge in [-0.15, -0.1) is 0 Å². The molecular formula is C13H10O2S. The molecule has 1 aliphatic rings. The number of aliphatic hydroxyl groups is 1. The van der Waals surface area contributed by atoms with Gasteiger partial charge in [0.15, 0.2) is 0 Å². The highest BCUT2D eigenvalue weighted by Gasteiger charge is 2.26. The lowest BCUT2D eigenvalue weighted by Gasteiger charge is -2.24. The molecule has 2 nitrogen and oxygen atoms in total. The first kappa shape index (κ1) is 9.75. The summed E-state index contributed by atoms with van der Waals surface area (Å²) in [7, 11) is 0. The predicted octanol–water partition coefficient (Wildman–Crippen LogP) is 2.94. The Hall–Kier alpha value is -1.45. The zero-order chi connectivity index (χ0) is 11.1. The number of phenolic OH excluding ortho intramolecular Hbond substituents is 1. The number of hydrogen-bond donors (Lipinski definition) is 2. The Bertz CT molecular complexity index is 551. The summed E-state index contributed by atoms with van der Waals surface area (Å²) in [5.41, 5.74) is 1.48. The number of rotatable bonds is 0. The third-order valence-electron chi connectivity index (χ3n) is 2.75. The molecule has 0 saturated carbocycles. The van der Waals surface area contributed by atoms with Gasteiger partial charge in [-0.25, -0.2) is 0 Å². The molecule has 1 atom stereocenters. The summed E-state index contributed by atoms with van der Waals surface area (Å²) >= 11 is 1.58. The van der Waals surface area contributed by atoms with Crippen molar-refractivity contribution in [2.45, 2.75) is 15.9 Å². The fourth-order valence-corrected chi connectivity index (χ4v) is 3.12. The second-order valence-corrected chi connectivity index (χ2v) is 4.82. The second-order valence-electron chi connectivity index (χ2n) is 3.73. The van der Waals surface area contributed by atoms with Crippen LogP contribution >= 0.6 is 11.8 Å². The topological polar surface area (TPSA) is 40.5 Å². The lowest BCUT2D eigenvalue weighted by molar-refractivity contribution is 0.208. The molecule has 0 amide bonds. The molecule has 0 fully saturated rings. The Morgan fingerprint density at radius 2 is 1.69 bits per heavy atom. The monoisotopic (exact) mass is 230 g/mol. The zero-order valence-electron chi connectivity index (χ0n) is 8.42. The van der Waals surface area contributed by atoms with Gasteiger partial charge in [0.05, 0.1) is 0 Å². The van der Waals surface area contributed by atoms with Crippen molar-refractivity contribution in [3.8, 4) is 5.75 Å². The van der Waals surface area contributed by atoms with Crippen molar-refractivity contribution < 1.29 is 10.2 Å². The van der Waals surface area contributed by atoms with Crippen molar-refractivity contribution in [1.29, 1.82) is 0 Å². The van der Waals surface area contributed by atoms with E-state index in [0.29, 0.717) is 5.56 Å². The summed E-state index contributed by atoms with van der Waals surface area (Å²) < 4.78 is 0. The first-order valence-electron chi connectivity index (χ1n) is 5.04. The van der Waals surface area contributed by atoms with Gasteiger partial charge in [-0.1, -0.05) is 36.0 Å². The number of aromatic hydroxyl groups is 1. The molecule has 2 aromatic carbocycles. The molecule has 0 aromatic heterocycles. The number of hydrogen-bond acceptors (Lipinski definition) is 3. The van der Waals surface area contributed by atoms with Crippen molar-refractivity contribution in [2.24, 2.45) is 0 Å². The Labute approximate surface area is 97.6 Å². The quantitative estimate of drug-likeness (QED) is 0.731. The molecule has 0 radical (unpaired) electrons. The molecular weight excluding hydrogens is 220 g/mol. The molecule has 1 unspecified atom stereocenters. The third kappa shape index (κ3) is 1.32. The van der Waals surface area contributed by atoms with Gasteiger partial charge in [-0.3, -0.25) is 0 Å². The van der Waals surface area contributed by atoms with Crippen molar-refractivity contribution in [3.05, 3.63) is 53.6 Å². The summed E-state index contributed by atoms with van der Waals surface area (Å²) in [4.78, 5) is 1.97. The van der Waals surface area contributed by atoms with Crippen molar-refractivity contribution in [3.63, 3.8) is 0 Å². The van der Waals surface area contributed by atoms with Crippen LogP contribution < -0.4 is 0 Å². The minimum atomic E-state index is -0.728. The van der Waals surface area contributed by atoms with Crippen LogP contribution in [0.2, 0.25) is 0 Å². The summed E-state index contributed by atoms with van der Waals surface area (Å²) in [6.45, 7) is 0. The second kappa shape index (κ2) is 3.54. The largest absolute Gasteiger partial charge is 0.508 e. The predicted molar refractivity (Wildman–Crippen MR) is 62.7 cm³/mol. The van der Waals surface area contributed by atoms with E-state index in [9.17, 15) is 10.2 Å². The first-order valence-corrected chi connectivity index (χ1v) is 5.86. The summed E-state index contributed by atoms with van der Waals surface area (Å²) in [6, 6.07) is 13.0. The van der Waals surface area contributed by atoms with Crippen LogP contribution in [0.5, 0.6) is 5.75 Å². The fourth-order valence-electron chi connectivity index (χ4n) is 1.97. The van der Waals surface area contributed by atoms with Crippen molar-refractivity contribution >= 4 is 11.8 Å². The maximum absolute atomic E-state index is 10.2. The van der Waals surface area contributed by atoms with Gasteiger partial charge in [-0.05, 0) is 23.8 Å². The van der Waals surface area contributed by atoms with Gasteiger partial charge in [0.25, 0.3) is 0 Å². The van der Waals surface area contributed by atoms with Crippen LogP contribution in [0.3, 0.4) is 0 Å². The Balaban J connectivity index is 2.23. The molecule has 0 bridgehead atoms. The first-order chi connectivity index (χ1) is 7.77. The van der Waals surface area contributed by atoms with Gasteiger partial charge in [0.2, 0.25) is 0 Å². The summed E-state index contributed by atoms with van der Waals surface area (Å²) in [5.74, 6) is 0.159. The van der Waals surface area contributed by atoms with Crippen molar-refractivity contribution in [1.82, 2.24) is 0 Å². The summed E-state index contributed by atoms with van der Waals surface area (Å²) in [6.07, 6.45) is -0.728. The number of phenols is 1. The Morgan fingerprint density at radius 3 is 2.56 bits per heavy atom. The van der Waals surface area contributed by atoms with Crippen LogP contribution in [0.15, 0.2) is 52.3 Å². The van der Waals surface area contributed by atoms with Crippen LogP contribution in [-0.2, 0) is 0 Å². The lowest BCUT2D eigenvalue weighted by atomic mass is 10.00. The van der Waals surface area contributed by atoms with E-state index >= 15 is 0 Å². The van der Waals surface area contributed by atoms with Crippen molar-refractivity contribution in [2.75, 3.05) is 0 Å². The van der Waals surface area contributed by atoms with E-state index in [1.165, 1.54) is 0 Å². The van der Waals surface area contributed by atoms with Gasteiger partial charge in [0.1, 0.15) is 11.9 Å². The van der Waals surface area contributed by atoms with E-state index in [2.05, 4.69) is 0 Å². The lowest BCUT2D eigenvalue weighted by Crippen LogP contribution is -2.07. The molecule has 1 heterocycles. The summed E-state index contributed by atoms with van der Waals surface area (Å²) in [5, 5.41) is 20.0. The van der Waals surface area contributed by atoms with E-state index in [1.54, 1.807) is 23.9 Å². The highest BCUT2D eigenvalue weighted by molar-refractivity contribution is 7.99. The molecule has 3 heteroatoms. The highest BCUT2D eigenvalue weighted by Crippen LogP contribution is 2.47. The molecule has 1 aliphatic heterocycles. The highest BCUT2D eigenvalue weighted by atomic mass is 32.2. The van der Waals surface area contributed by atoms with Gasteiger partial charge >= 0.3 is 0 Å². The molecule has 2 N–H and O–H groups in total. The Morgan fingerprint density at radius 1 is 0.938 bits per heavy atom. The van der Waals surface area contributed by atoms with E-state index in [0.717, 1.165) is 15.4 Å². The molecule has 0 saturated heterocycles. The average molecular weight is 230 g/mol. The van der Waals surface area contributed by atoms with Crippen LogP contribution in [0.1, 0.15) is 17.2 Å². The maximum Gasteiger partial charge on any atom is 0.122 e. The normalized spacial score (nSPS) is 17.7. The van der Waals surface area contributed by atoms with Crippen LogP contribution in [0.4, 0.5) is 0 Å². The van der Waals surface area contributed by atoms with E-state index in [4.69, 9.17) is 0 Å². The third-order valence-corrected chi connectivity index (χ3v) is 3.92. The zero-order valence-corrected chi connectivity index (χ0v) is 9.24. The SMILES string of the molecule is Oc1cccc2c1C(O)c1ccccc1S2. The number of fused-ring (bicyclic) bond motifs is 2. The van der Waals surface area contributed by atoms with Crippen LogP contribution in [0, 0.1) is 0 Å². The molecule has 0 spiro atoms. The average Bonchev–Trinajstić information content (AvgIpc) is 2.29. The molecule has 16 heavy (non-hydrogen) atoms. The minimum Gasteiger partial charge on any atom is -0.508 e. The molecule has 80 valence electrons. The minimum absolute atomic E-state index is 0.159. The van der Waals surface area contributed by atoms with E-state index < -0.39 is 6.10 Å². The van der Waals surface area contributed by atoms with E-state index in [-0.39, 0.29) is 5.75 Å². The van der Waals surface area contributed by atoms with Gasteiger partial charge in [-0.2, -0.15) is 0 Å². The smallest absolute Gasteiger partial charge is 0.122 e. The van der Waals surface area contributed by atoms with E-state index in [1.807, 2.05) is 30.3 Å². The van der Waals surface area contributed by atoms with Gasteiger partial charge < -0.3 is 10.2 Å². The van der Waals surface area contributed by atoms with Gasteiger partial charge in [0, 0.05) is 15.4 Å². The van der Waals surface area contributed by atoms with Crippen LogP contribution in [0.25, 0.3) is 0 Å². The van der Waals surface area contributed by atoms with Crippen LogP contribution in [-0.4, -0.2) is 10.2 Å². The number of aliphatic hydroxyl groups excluding tert-OH is 1. The number of benzene rings is 2. The molecule has 2 aromatic rings. The molecule has 0 aliphatic carbocycles. The maximum atomic E-state index is 10.2. The Kier molecular flexibility index (Phi) is 2.16. The fraction of sp³-hybridized carbons (Fsp3) is 0.0769. The standard InChI is InChI=1S/C13H10O2S/c14-9-5-3-7-11-12(9)13(15)8-4-1-2-6-10(8)16-11/h1-7,13-15H.